The Morgan fingerprint density at radius 3 is 2.56 bits per heavy atom. The van der Waals surface area contributed by atoms with Crippen molar-refractivity contribution in [2.24, 2.45) is 31.8 Å². The number of piperidine rings is 4. The van der Waals surface area contributed by atoms with Crippen molar-refractivity contribution in [1.82, 2.24) is 14.0 Å². The Bertz CT molecular complexity index is 1350. The van der Waals surface area contributed by atoms with Crippen LogP contribution in [0.2, 0.25) is 0 Å². The Balaban J connectivity index is 1.47. The molecular weight excluding hydrogens is 432 g/mol. The number of anilines is 1. The maximum Gasteiger partial charge on any atom is 0.333 e. The van der Waals surface area contributed by atoms with Crippen LogP contribution in [0, 0.1) is 17.8 Å². The summed E-state index contributed by atoms with van der Waals surface area (Å²) in [5.41, 5.74) is 1.59. The van der Waals surface area contributed by atoms with Crippen LogP contribution in [0.5, 0.6) is 5.88 Å². The number of nitrogens with zero attached hydrogens (tertiary/aromatic N) is 4. The van der Waals surface area contributed by atoms with Crippen LogP contribution in [-0.2, 0) is 19.5 Å². The second-order valence-electron chi connectivity index (χ2n) is 11.3. The highest BCUT2D eigenvalue weighted by atomic mass is 16.3. The molecule has 5 bridgehead atoms. The lowest BCUT2D eigenvalue weighted by Gasteiger charge is -2.64. The van der Waals surface area contributed by atoms with E-state index in [1.807, 2.05) is 0 Å². The van der Waals surface area contributed by atoms with E-state index in [9.17, 15) is 19.8 Å². The molecule has 8 nitrogen and oxygen atoms in total. The maximum absolute atomic E-state index is 13.4. The zero-order valence-electron chi connectivity index (χ0n) is 20.0. The molecule has 2 aromatic rings. The van der Waals surface area contributed by atoms with Gasteiger partial charge in [-0.3, -0.25) is 18.8 Å². The zero-order chi connectivity index (χ0) is 23.8. The fourth-order valence-electron chi connectivity index (χ4n) is 9.41. The SMILES string of the molecule is CC[C@H]1[C@H]2C[C@@H]3[C@H]4N(C)c5ccccc5[C@@]45C[C@@H]([C@H]2[C@H]5O)N3[C@@H]1c1c(O)n(C)c(=O)n(C)c1=O. The number of benzene rings is 1. The normalized spacial score (nSPS) is 42.9. The molecule has 1 aromatic heterocycles. The summed E-state index contributed by atoms with van der Waals surface area (Å²) in [7, 11) is 5.15. The number of hydrogen-bond acceptors (Lipinski definition) is 6. The first-order chi connectivity index (χ1) is 16.3. The number of hydrogen-bond donors (Lipinski definition) is 2. The van der Waals surface area contributed by atoms with Crippen molar-refractivity contribution >= 4 is 5.69 Å². The van der Waals surface area contributed by atoms with Crippen LogP contribution >= 0.6 is 0 Å². The third-order valence-electron chi connectivity index (χ3n) is 10.5. The predicted octanol–water partition coefficient (Wildman–Crippen LogP) is 1.08. The predicted molar refractivity (Wildman–Crippen MR) is 127 cm³/mol. The van der Waals surface area contributed by atoms with E-state index >= 15 is 0 Å². The molecule has 1 aliphatic carbocycles. The minimum absolute atomic E-state index is 0.116. The third-order valence-corrected chi connectivity index (χ3v) is 10.5. The van der Waals surface area contributed by atoms with Crippen molar-refractivity contribution in [3.8, 4) is 5.88 Å². The van der Waals surface area contributed by atoms with Gasteiger partial charge in [0.2, 0.25) is 5.88 Å². The molecule has 34 heavy (non-hydrogen) atoms. The van der Waals surface area contributed by atoms with Crippen LogP contribution in [0.4, 0.5) is 5.69 Å². The molecule has 0 radical (unpaired) electrons. The highest BCUT2D eigenvalue weighted by Crippen LogP contribution is 2.71. The Morgan fingerprint density at radius 2 is 1.82 bits per heavy atom. The minimum Gasteiger partial charge on any atom is -0.494 e. The fraction of sp³-hybridized carbons (Fsp3) is 0.615. The van der Waals surface area contributed by atoms with Crippen LogP contribution < -0.4 is 16.1 Å². The van der Waals surface area contributed by atoms with Gasteiger partial charge in [0.25, 0.3) is 5.56 Å². The molecule has 1 unspecified atom stereocenters. The molecule has 1 aromatic carbocycles. The molecule has 2 N–H and O–H groups in total. The van der Waals surface area contributed by atoms with Crippen LogP contribution in [0.1, 0.15) is 43.4 Å². The van der Waals surface area contributed by atoms with Gasteiger partial charge in [-0.15, -0.1) is 0 Å². The van der Waals surface area contributed by atoms with Gasteiger partial charge in [-0.25, -0.2) is 4.79 Å². The largest absolute Gasteiger partial charge is 0.494 e. The fourth-order valence-corrected chi connectivity index (χ4v) is 9.41. The van der Waals surface area contributed by atoms with Gasteiger partial charge in [-0.05, 0) is 36.3 Å². The molecule has 6 heterocycles. The van der Waals surface area contributed by atoms with Crippen molar-refractivity contribution in [1.29, 1.82) is 0 Å². The standard InChI is InChI=1S/C26H32N4O4/c1-5-12-13-10-16-21-26(14-8-6-7-9-15(14)27(21)2)11-17(18(13)22(26)31)30(16)20(12)19-23(32)28(3)25(34)29(4)24(19)33/h6-9,12-13,16-18,20-22,31-32H,5,10-11H2,1-4H3/t12-,13+,16+,17-,18-,20-,21+,22+,26-/m0/s1. The van der Waals surface area contributed by atoms with Gasteiger partial charge in [-0.2, -0.15) is 0 Å². The lowest BCUT2D eigenvalue weighted by molar-refractivity contribution is -0.143. The molecule has 5 fully saturated rings. The number of aliphatic hydroxyl groups is 1. The summed E-state index contributed by atoms with van der Waals surface area (Å²) in [6.45, 7) is 2.14. The van der Waals surface area contributed by atoms with Crippen LogP contribution in [-0.4, -0.2) is 55.5 Å². The van der Waals surface area contributed by atoms with E-state index < -0.39 is 17.4 Å². The van der Waals surface area contributed by atoms with E-state index in [4.69, 9.17) is 0 Å². The van der Waals surface area contributed by atoms with E-state index in [-0.39, 0.29) is 53.2 Å². The molecule has 5 aliphatic heterocycles. The number of fused-ring (bicyclic) bond motifs is 2. The lowest BCUT2D eigenvalue weighted by Crippen LogP contribution is -2.70. The van der Waals surface area contributed by atoms with Crippen LogP contribution in [0.3, 0.4) is 0 Å². The highest BCUT2D eigenvalue weighted by molar-refractivity contribution is 5.67. The monoisotopic (exact) mass is 464 g/mol. The van der Waals surface area contributed by atoms with Crippen molar-refractivity contribution in [2.75, 3.05) is 11.9 Å². The number of rotatable bonds is 2. The van der Waals surface area contributed by atoms with Gasteiger partial charge in [-0.1, -0.05) is 31.5 Å². The molecule has 1 spiro atoms. The first kappa shape index (κ1) is 20.8. The molecule has 6 aliphatic rings. The molecule has 0 amide bonds. The summed E-state index contributed by atoms with van der Waals surface area (Å²) in [6.07, 6.45) is 2.27. The van der Waals surface area contributed by atoms with E-state index in [1.165, 1.54) is 29.9 Å². The summed E-state index contributed by atoms with van der Waals surface area (Å²) >= 11 is 0. The van der Waals surface area contributed by atoms with E-state index in [0.717, 1.165) is 23.8 Å². The van der Waals surface area contributed by atoms with Gasteiger partial charge in [0.05, 0.1) is 17.7 Å². The Kier molecular flexibility index (Phi) is 3.87. The van der Waals surface area contributed by atoms with Crippen LogP contribution in [0.15, 0.2) is 33.9 Å². The van der Waals surface area contributed by atoms with E-state index in [0.29, 0.717) is 5.56 Å². The number of aliphatic hydroxyl groups excluding tert-OH is 1. The van der Waals surface area contributed by atoms with Gasteiger partial charge in [0.1, 0.15) is 0 Å². The summed E-state index contributed by atoms with van der Waals surface area (Å²) < 4.78 is 2.31. The Morgan fingerprint density at radius 1 is 1.09 bits per heavy atom. The minimum atomic E-state index is -0.516. The quantitative estimate of drug-likeness (QED) is 0.691. The molecule has 8 heteroatoms. The average Bonchev–Trinajstić information content (AvgIpc) is 3.23. The molecule has 1 saturated carbocycles. The van der Waals surface area contributed by atoms with Crippen molar-refractivity contribution in [3.63, 3.8) is 0 Å². The molecule has 10 atom stereocenters. The third kappa shape index (κ3) is 1.98. The average molecular weight is 465 g/mol. The number of aromatic nitrogens is 2. The first-order valence-electron chi connectivity index (χ1n) is 12.5. The number of para-hydroxylation sites is 1. The summed E-state index contributed by atoms with van der Waals surface area (Å²) in [5.74, 6) is 0.350. The summed E-state index contributed by atoms with van der Waals surface area (Å²) in [4.78, 5) is 30.8. The maximum atomic E-state index is 13.4. The second-order valence-corrected chi connectivity index (χ2v) is 11.3. The smallest absolute Gasteiger partial charge is 0.333 e. The van der Waals surface area contributed by atoms with Gasteiger partial charge in [0.15, 0.2) is 0 Å². The Hall–Kier alpha value is -2.58. The van der Waals surface area contributed by atoms with Crippen molar-refractivity contribution in [2.45, 2.75) is 61.9 Å². The van der Waals surface area contributed by atoms with Gasteiger partial charge in [0, 0.05) is 56.3 Å². The molecule has 8 rings (SSSR count). The van der Waals surface area contributed by atoms with Crippen molar-refractivity contribution in [3.05, 3.63) is 56.2 Å². The summed E-state index contributed by atoms with van der Waals surface area (Å²) in [5, 5.41) is 23.1. The summed E-state index contributed by atoms with van der Waals surface area (Å²) in [6, 6.07) is 8.68. The first-order valence-corrected chi connectivity index (χ1v) is 12.5. The van der Waals surface area contributed by atoms with Gasteiger partial charge < -0.3 is 15.1 Å². The molecule has 180 valence electrons. The van der Waals surface area contributed by atoms with E-state index in [1.54, 1.807) is 0 Å². The number of aromatic hydroxyl groups is 1. The molecule has 4 saturated heterocycles. The van der Waals surface area contributed by atoms with E-state index in [2.05, 4.69) is 48.0 Å². The van der Waals surface area contributed by atoms with Gasteiger partial charge >= 0.3 is 5.69 Å². The second kappa shape index (κ2) is 6.34. The topological polar surface area (TPSA) is 90.9 Å². The highest BCUT2D eigenvalue weighted by Gasteiger charge is 2.76. The Labute approximate surface area is 198 Å². The molecular formula is C26H32N4O4. The lowest BCUT2D eigenvalue weighted by atomic mass is 9.59. The zero-order valence-corrected chi connectivity index (χ0v) is 20.0. The van der Waals surface area contributed by atoms with Crippen LogP contribution in [0.25, 0.3) is 0 Å². The van der Waals surface area contributed by atoms with Crippen molar-refractivity contribution < 1.29 is 10.2 Å². The number of likely N-dealkylation sites (N-methyl/N-ethyl adjacent to an activating group) is 1.